The van der Waals surface area contributed by atoms with Crippen molar-refractivity contribution in [2.45, 2.75) is 13.8 Å². The number of furan rings is 2. The average Bonchev–Trinajstić information content (AvgIpc) is 3.63. The van der Waals surface area contributed by atoms with Gasteiger partial charge in [0.1, 0.15) is 11.5 Å². The van der Waals surface area contributed by atoms with Crippen molar-refractivity contribution in [2.75, 3.05) is 13.9 Å². The van der Waals surface area contributed by atoms with Crippen LogP contribution in [-0.4, -0.2) is 53.7 Å². The first-order valence-electron chi connectivity index (χ1n) is 12.3. The van der Waals surface area contributed by atoms with E-state index < -0.39 is 23.1 Å². The van der Waals surface area contributed by atoms with E-state index in [4.69, 9.17) is 18.3 Å². The van der Waals surface area contributed by atoms with Crippen molar-refractivity contribution in [1.82, 2.24) is 0 Å². The summed E-state index contributed by atoms with van der Waals surface area (Å²) >= 11 is 6.40. The molecular formula is C30H18Br2O11. The molecule has 2 aliphatic carbocycles. The highest BCUT2D eigenvalue weighted by molar-refractivity contribution is 9.11. The fourth-order valence-corrected chi connectivity index (χ4v) is 5.31. The number of aromatic hydroxyl groups is 1. The van der Waals surface area contributed by atoms with E-state index in [2.05, 4.69) is 31.9 Å². The molecule has 1 N–H and O–H groups in total. The maximum absolute atomic E-state index is 12.8. The number of rotatable bonds is 5. The van der Waals surface area contributed by atoms with E-state index >= 15 is 0 Å². The summed E-state index contributed by atoms with van der Waals surface area (Å²) in [6, 6.07) is 8.55. The molecule has 4 aromatic rings. The van der Waals surface area contributed by atoms with Crippen LogP contribution in [0.25, 0.3) is 0 Å². The highest BCUT2D eigenvalue weighted by Gasteiger charge is 2.38. The number of hydrogen-bond acceptors (Lipinski definition) is 11. The van der Waals surface area contributed by atoms with E-state index in [9.17, 15) is 33.9 Å². The normalized spacial score (nSPS) is 13.0. The van der Waals surface area contributed by atoms with Gasteiger partial charge in [-0.25, -0.2) is 0 Å². The van der Waals surface area contributed by atoms with Crippen molar-refractivity contribution in [2.24, 2.45) is 0 Å². The van der Waals surface area contributed by atoms with E-state index in [1.807, 2.05) is 0 Å². The number of hydrogen-bond donors (Lipinski definition) is 1. The van der Waals surface area contributed by atoms with Crippen molar-refractivity contribution in [3.63, 3.8) is 0 Å². The first-order chi connectivity index (χ1) is 20.4. The second-order valence-corrected chi connectivity index (χ2v) is 11.0. The van der Waals surface area contributed by atoms with Crippen molar-refractivity contribution in [1.29, 1.82) is 0 Å². The molecule has 0 atom stereocenters. The lowest BCUT2D eigenvalue weighted by molar-refractivity contribution is 0.0496. The molecule has 2 aromatic heterocycles. The molecule has 43 heavy (non-hydrogen) atoms. The standard InChI is InChI=1S/C16H11BrO6.C14H7BrO5/c1-7(18)11-5-9-13(19)12-8(14(20)15(9)23-11)3-4-10(17)16(12)22-6-21-2;1-5(16)9-4-7-11(17)10-6(12(18)14(7)20-9)2-3-8(15)13(10)19/h3-5H,6H2,1-2H3;2-4,19H,1H3. The highest BCUT2D eigenvalue weighted by Crippen LogP contribution is 2.40. The summed E-state index contributed by atoms with van der Waals surface area (Å²) in [7, 11) is 1.45. The van der Waals surface area contributed by atoms with Gasteiger partial charge in [0.05, 0.1) is 31.2 Å². The number of fused-ring (bicyclic) bond motifs is 4. The van der Waals surface area contributed by atoms with Crippen LogP contribution in [0.3, 0.4) is 0 Å². The van der Waals surface area contributed by atoms with Crippen LogP contribution in [0.15, 0.2) is 54.2 Å². The monoisotopic (exact) mass is 712 g/mol. The number of ketones is 6. The van der Waals surface area contributed by atoms with Gasteiger partial charge < -0.3 is 23.4 Å². The van der Waals surface area contributed by atoms with Crippen LogP contribution >= 0.6 is 31.9 Å². The van der Waals surface area contributed by atoms with Crippen molar-refractivity contribution in [3.8, 4) is 11.5 Å². The third kappa shape index (κ3) is 4.98. The topological polar surface area (TPSA) is 167 Å². The summed E-state index contributed by atoms with van der Waals surface area (Å²) in [4.78, 5) is 72.7. The number of carbonyl (C=O) groups excluding carboxylic acids is 6. The molecule has 218 valence electrons. The van der Waals surface area contributed by atoms with E-state index in [0.29, 0.717) is 8.95 Å². The summed E-state index contributed by atoms with van der Waals surface area (Å²) < 4.78 is 21.6. The van der Waals surface area contributed by atoms with Crippen LogP contribution in [0.1, 0.15) is 99.0 Å². The van der Waals surface area contributed by atoms with Gasteiger partial charge in [-0.3, -0.25) is 28.8 Å². The molecule has 0 amide bonds. The highest BCUT2D eigenvalue weighted by atomic mass is 79.9. The molecule has 11 nitrogen and oxygen atoms in total. The number of methoxy groups -OCH3 is 1. The molecule has 13 heteroatoms. The van der Waals surface area contributed by atoms with Crippen LogP contribution in [0.2, 0.25) is 0 Å². The van der Waals surface area contributed by atoms with Gasteiger partial charge in [0.2, 0.25) is 23.1 Å². The van der Waals surface area contributed by atoms with Gasteiger partial charge >= 0.3 is 0 Å². The Morgan fingerprint density at radius 1 is 0.721 bits per heavy atom. The SMILES string of the molecule is CC(=O)c1cc2c(o1)C(=O)c1ccc(Br)c(O)c1C2=O.COCOc1c(Br)ccc2c1C(=O)c1cc(C(C)=O)oc1C2=O. The minimum absolute atomic E-state index is 0.00102. The smallest absolute Gasteiger partial charge is 0.229 e. The van der Waals surface area contributed by atoms with Crippen LogP contribution in [0, 0.1) is 0 Å². The summed E-state index contributed by atoms with van der Waals surface area (Å²) in [6.45, 7) is 2.50. The van der Waals surface area contributed by atoms with Gasteiger partial charge in [-0.05, 0) is 68.3 Å². The molecule has 2 heterocycles. The predicted molar refractivity (Wildman–Crippen MR) is 154 cm³/mol. The predicted octanol–water partition coefficient (Wildman–Crippen LogP) is 5.73. The number of phenols is 1. The molecule has 6 rings (SSSR count). The number of phenolic OH excluding ortho intramolecular Hbond substituents is 1. The zero-order chi connectivity index (χ0) is 31.3. The molecular weight excluding hydrogens is 696 g/mol. The molecule has 0 radical (unpaired) electrons. The zero-order valence-corrected chi connectivity index (χ0v) is 25.6. The molecule has 0 spiro atoms. The van der Waals surface area contributed by atoms with Crippen LogP contribution in [-0.2, 0) is 4.74 Å². The van der Waals surface area contributed by atoms with Gasteiger partial charge in [-0.15, -0.1) is 0 Å². The molecule has 0 unspecified atom stereocenters. The quantitative estimate of drug-likeness (QED) is 0.171. The minimum atomic E-state index is -0.537. The molecule has 0 aliphatic heterocycles. The van der Waals surface area contributed by atoms with Gasteiger partial charge in [-0.1, -0.05) is 0 Å². The van der Waals surface area contributed by atoms with Gasteiger partial charge in [0, 0.05) is 32.1 Å². The Morgan fingerprint density at radius 3 is 1.67 bits per heavy atom. The van der Waals surface area contributed by atoms with Gasteiger partial charge in [-0.2, -0.15) is 0 Å². The van der Waals surface area contributed by atoms with E-state index in [1.54, 1.807) is 6.07 Å². The molecule has 0 saturated heterocycles. The molecule has 0 fully saturated rings. The largest absolute Gasteiger partial charge is 0.506 e. The Bertz CT molecular complexity index is 1930. The zero-order valence-electron chi connectivity index (χ0n) is 22.5. The molecule has 0 saturated carbocycles. The summed E-state index contributed by atoms with van der Waals surface area (Å²) in [5.74, 6) is -3.12. The van der Waals surface area contributed by atoms with Crippen LogP contribution in [0.4, 0.5) is 0 Å². The third-order valence-corrected chi connectivity index (χ3v) is 7.83. The number of halogens is 2. The summed E-state index contributed by atoms with van der Waals surface area (Å²) in [5.41, 5.74) is 0.348. The Balaban J connectivity index is 0.000000173. The minimum Gasteiger partial charge on any atom is -0.506 e. The van der Waals surface area contributed by atoms with Gasteiger partial charge in [0.25, 0.3) is 0 Å². The number of Topliss-reactive ketones (excluding diaryl/α,β-unsaturated/α-hetero) is 2. The Kier molecular flexibility index (Phi) is 7.90. The Labute approximate surface area is 259 Å². The van der Waals surface area contributed by atoms with Gasteiger partial charge in [0.15, 0.2) is 41.4 Å². The summed E-state index contributed by atoms with van der Waals surface area (Å²) in [5, 5.41) is 9.96. The lowest BCUT2D eigenvalue weighted by atomic mass is 9.88. The van der Waals surface area contributed by atoms with Crippen molar-refractivity contribution >= 4 is 66.6 Å². The van der Waals surface area contributed by atoms with E-state index in [1.165, 1.54) is 51.3 Å². The fourth-order valence-electron chi connectivity index (χ4n) is 4.53. The average molecular weight is 714 g/mol. The first-order valence-corrected chi connectivity index (χ1v) is 13.9. The first kappa shape index (κ1) is 30.0. The number of benzene rings is 2. The lowest BCUT2D eigenvalue weighted by Crippen LogP contribution is -2.21. The Morgan fingerprint density at radius 2 is 1.19 bits per heavy atom. The van der Waals surface area contributed by atoms with Crippen molar-refractivity contribution in [3.05, 3.63) is 102 Å². The maximum Gasteiger partial charge on any atom is 0.229 e. The van der Waals surface area contributed by atoms with Crippen molar-refractivity contribution < 1.29 is 52.2 Å². The lowest BCUT2D eigenvalue weighted by Gasteiger charge is -2.18. The second kappa shape index (κ2) is 11.3. The fraction of sp³-hybridized carbons (Fsp3) is 0.133. The number of carbonyl (C=O) groups is 6. The van der Waals surface area contributed by atoms with E-state index in [0.717, 1.165) is 0 Å². The van der Waals surface area contributed by atoms with E-state index in [-0.39, 0.29) is 86.3 Å². The Hall–Kier alpha value is -4.46. The molecule has 0 bridgehead atoms. The van der Waals surface area contributed by atoms with Crippen LogP contribution < -0.4 is 4.74 Å². The maximum atomic E-state index is 12.8. The number of ether oxygens (including phenoxy) is 2. The molecule has 2 aromatic carbocycles. The summed E-state index contributed by atoms with van der Waals surface area (Å²) in [6.07, 6.45) is 0. The third-order valence-electron chi connectivity index (χ3n) is 6.56. The second-order valence-electron chi connectivity index (χ2n) is 9.30. The van der Waals surface area contributed by atoms with Crippen LogP contribution in [0.5, 0.6) is 11.5 Å². The molecule has 2 aliphatic rings.